The van der Waals surface area contributed by atoms with Gasteiger partial charge in [0.15, 0.2) is 6.20 Å². The second-order valence-corrected chi connectivity index (χ2v) is 8.15. The van der Waals surface area contributed by atoms with Gasteiger partial charge < -0.3 is 15.4 Å². The van der Waals surface area contributed by atoms with Gasteiger partial charge in [-0.25, -0.2) is 0 Å². The zero-order chi connectivity index (χ0) is 22.0. The van der Waals surface area contributed by atoms with Crippen LogP contribution in [0.3, 0.4) is 0 Å². The molecule has 4 rings (SSSR count). The van der Waals surface area contributed by atoms with Crippen molar-refractivity contribution in [3.63, 3.8) is 0 Å². The highest BCUT2D eigenvalue weighted by Gasteiger charge is 2.32. The summed E-state index contributed by atoms with van der Waals surface area (Å²) in [5.41, 5.74) is 3.39. The number of aryl methyl sites for hydroxylation is 1. The number of anilines is 1. The van der Waals surface area contributed by atoms with Crippen molar-refractivity contribution >= 4 is 28.4 Å². The smallest absolute Gasteiger partial charge is 0.249 e. The Morgan fingerprint density at radius 1 is 1.19 bits per heavy atom. The van der Waals surface area contributed by atoms with Crippen molar-refractivity contribution in [3.8, 4) is 0 Å². The minimum Gasteiger partial charge on any atom is -0.618 e. The van der Waals surface area contributed by atoms with Gasteiger partial charge in [-0.05, 0) is 42.5 Å². The van der Waals surface area contributed by atoms with E-state index < -0.39 is 6.04 Å². The summed E-state index contributed by atoms with van der Waals surface area (Å²) in [6, 6.07) is 16.5. The number of carbonyl (C=O) groups is 2. The summed E-state index contributed by atoms with van der Waals surface area (Å²) in [7, 11) is 0. The number of aromatic nitrogens is 1. The fourth-order valence-corrected chi connectivity index (χ4v) is 4.09. The Hall–Kier alpha value is -3.41. The van der Waals surface area contributed by atoms with Crippen LogP contribution in [0.25, 0.3) is 10.9 Å². The van der Waals surface area contributed by atoms with Gasteiger partial charge in [0.25, 0.3) is 0 Å². The van der Waals surface area contributed by atoms with Crippen LogP contribution < -0.4 is 14.9 Å². The molecule has 6 nitrogen and oxygen atoms in total. The summed E-state index contributed by atoms with van der Waals surface area (Å²) >= 11 is 0. The predicted octanol–water partition coefficient (Wildman–Crippen LogP) is 3.48. The topological polar surface area (TPSA) is 76.3 Å². The van der Waals surface area contributed by atoms with Gasteiger partial charge in [-0.3, -0.25) is 9.59 Å². The van der Waals surface area contributed by atoms with Crippen LogP contribution in [0.5, 0.6) is 0 Å². The molecular weight excluding hydrogens is 390 g/mol. The van der Waals surface area contributed by atoms with Gasteiger partial charge in [-0.2, -0.15) is 4.73 Å². The molecule has 0 aliphatic carbocycles. The van der Waals surface area contributed by atoms with Gasteiger partial charge in [0, 0.05) is 23.7 Å². The fourth-order valence-electron chi connectivity index (χ4n) is 4.09. The second-order valence-electron chi connectivity index (χ2n) is 8.15. The molecule has 1 aliphatic heterocycles. The third-order valence-corrected chi connectivity index (χ3v) is 6.15. The highest BCUT2D eigenvalue weighted by molar-refractivity contribution is 6.01. The molecule has 1 aromatic heterocycles. The fraction of sp³-hybridized carbons (Fsp3) is 0.320. The molecule has 2 aromatic carbocycles. The number of benzene rings is 2. The lowest BCUT2D eigenvalue weighted by Crippen LogP contribution is -2.49. The van der Waals surface area contributed by atoms with Crippen LogP contribution in [-0.2, 0) is 22.6 Å². The molecule has 1 aliphatic rings. The van der Waals surface area contributed by atoms with Crippen molar-refractivity contribution in [3.05, 3.63) is 77.1 Å². The third kappa shape index (κ3) is 4.10. The van der Waals surface area contributed by atoms with Crippen LogP contribution in [0.2, 0.25) is 0 Å². The molecule has 0 saturated heterocycles. The van der Waals surface area contributed by atoms with E-state index in [1.165, 1.54) is 6.20 Å². The Morgan fingerprint density at radius 3 is 2.74 bits per heavy atom. The third-order valence-electron chi connectivity index (χ3n) is 6.15. The lowest BCUT2D eigenvalue weighted by molar-refractivity contribution is -0.577. The number of carbonyl (C=O) groups excluding carboxylic acids is 2. The molecular formula is C25H27N3O3. The maximum Gasteiger partial charge on any atom is 0.249 e. The van der Waals surface area contributed by atoms with Gasteiger partial charge in [0.1, 0.15) is 6.04 Å². The van der Waals surface area contributed by atoms with Crippen LogP contribution >= 0.6 is 0 Å². The molecule has 0 unspecified atom stereocenters. The molecule has 2 heterocycles. The number of pyridine rings is 1. The predicted molar refractivity (Wildman–Crippen MR) is 120 cm³/mol. The number of amides is 2. The standard InChI is InChI=1S/C25H27N3O3/c1-3-17(2)24(29)26-21-13-12-18-8-4-6-10-22(18)27(25(21)30)16-19-14-15-28(31)23-11-7-5-9-20(19)23/h4-11,14-15,17,21H,3,12-13,16H2,1-2H3,(H,26,29)/t17-,21+/m1/s1. The Morgan fingerprint density at radius 2 is 1.94 bits per heavy atom. The van der Waals surface area contributed by atoms with Crippen LogP contribution in [0, 0.1) is 11.1 Å². The Kier molecular flexibility index (Phi) is 5.89. The highest BCUT2D eigenvalue weighted by atomic mass is 16.5. The van der Waals surface area contributed by atoms with E-state index >= 15 is 0 Å². The van der Waals surface area contributed by atoms with E-state index in [1.54, 1.807) is 17.0 Å². The Bertz CT molecular complexity index is 1130. The zero-order valence-corrected chi connectivity index (χ0v) is 17.9. The lowest BCUT2D eigenvalue weighted by atomic mass is 10.0. The molecule has 2 amide bonds. The van der Waals surface area contributed by atoms with Gasteiger partial charge >= 0.3 is 0 Å². The molecule has 0 fully saturated rings. The molecule has 3 aromatic rings. The molecule has 0 radical (unpaired) electrons. The normalized spacial score (nSPS) is 17.2. The molecule has 0 saturated carbocycles. The van der Waals surface area contributed by atoms with Gasteiger partial charge in [0.05, 0.1) is 11.9 Å². The number of hydrogen-bond acceptors (Lipinski definition) is 3. The van der Waals surface area contributed by atoms with Crippen molar-refractivity contribution < 1.29 is 14.3 Å². The molecule has 6 heteroatoms. The van der Waals surface area contributed by atoms with Crippen LogP contribution in [0.15, 0.2) is 60.8 Å². The maximum atomic E-state index is 13.6. The van der Waals surface area contributed by atoms with Crippen molar-refractivity contribution in [2.45, 2.75) is 45.7 Å². The molecule has 31 heavy (non-hydrogen) atoms. The van der Waals surface area contributed by atoms with Gasteiger partial charge in [0.2, 0.25) is 17.3 Å². The largest absolute Gasteiger partial charge is 0.618 e. The van der Waals surface area contributed by atoms with Crippen LogP contribution in [0.1, 0.15) is 37.8 Å². The number of hydrogen-bond donors (Lipinski definition) is 1. The maximum absolute atomic E-state index is 13.6. The van der Waals surface area contributed by atoms with E-state index in [9.17, 15) is 14.8 Å². The average Bonchev–Trinajstić information content (AvgIpc) is 2.92. The second kappa shape index (κ2) is 8.76. The number of rotatable bonds is 5. The van der Waals surface area contributed by atoms with Crippen LogP contribution in [-0.4, -0.2) is 17.9 Å². The molecule has 1 N–H and O–H groups in total. The van der Waals surface area contributed by atoms with E-state index in [0.717, 1.165) is 33.4 Å². The SMILES string of the molecule is CC[C@@H](C)C(=O)N[C@H]1CCc2ccccc2N(Cc2cc[n+]([O-])c3ccccc23)C1=O. The van der Waals surface area contributed by atoms with E-state index in [4.69, 9.17) is 0 Å². The number of para-hydroxylation sites is 2. The van der Waals surface area contributed by atoms with E-state index in [1.807, 2.05) is 56.3 Å². The van der Waals surface area contributed by atoms with E-state index in [-0.39, 0.29) is 17.7 Å². The number of nitrogens with zero attached hydrogens (tertiary/aromatic N) is 2. The van der Waals surface area contributed by atoms with Crippen molar-refractivity contribution in [1.29, 1.82) is 0 Å². The van der Waals surface area contributed by atoms with E-state index in [0.29, 0.717) is 24.9 Å². The van der Waals surface area contributed by atoms with Crippen LogP contribution in [0.4, 0.5) is 5.69 Å². The first-order chi connectivity index (χ1) is 15.0. The monoisotopic (exact) mass is 417 g/mol. The summed E-state index contributed by atoms with van der Waals surface area (Å²) in [4.78, 5) is 27.9. The Balaban J connectivity index is 1.72. The Labute approximate surface area is 182 Å². The summed E-state index contributed by atoms with van der Waals surface area (Å²) < 4.78 is 0.839. The minimum absolute atomic E-state index is 0.0932. The summed E-state index contributed by atoms with van der Waals surface area (Å²) in [5.74, 6) is -0.355. The van der Waals surface area contributed by atoms with Gasteiger partial charge in [-0.15, -0.1) is 0 Å². The van der Waals surface area contributed by atoms with Gasteiger partial charge in [-0.1, -0.05) is 44.2 Å². The zero-order valence-electron chi connectivity index (χ0n) is 17.9. The van der Waals surface area contributed by atoms with Crippen molar-refractivity contribution in [2.75, 3.05) is 4.90 Å². The number of nitrogens with one attached hydrogen (secondary N) is 1. The molecule has 2 atom stereocenters. The lowest BCUT2D eigenvalue weighted by Gasteiger charge is -2.27. The first-order valence-electron chi connectivity index (χ1n) is 10.8. The van der Waals surface area contributed by atoms with Crippen molar-refractivity contribution in [1.82, 2.24) is 5.32 Å². The average molecular weight is 418 g/mol. The van der Waals surface area contributed by atoms with Crippen molar-refractivity contribution in [2.24, 2.45) is 5.92 Å². The van der Waals surface area contributed by atoms with E-state index in [2.05, 4.69) is 5.32 Å². The minimum atomic E-state index is -0.576. The molecule has 0 bridgehead atoms. The highest BCUT2D eigenvalue weighted by Crippen LogP contribution is 2.30. The first kappa shape index (κ1) is 20.8. The quantitative estimate of drug-likeness (QED) is 0.510. The summed E-state index contributed by atoms with van der Waals surface area (Å²) in [6.07, 6.45) is 3.47. The summed E-state index contributed by atoms with van der Waals surface area (Å²) in [6.45, 7) is 4.16. The number of fused-ring (bicyclic) bond motifs is 2. The summed E-state index contributed by atoms with van der Waals surface area (Å²) in [5, 5.41) is 16.0. The molecule has 0 spiro atoms. The molecule has 160 valence electrons. The first-order valence-corrected chi connectivity index (χ1v) is 10.8.